The van der Waals surface area contributed by atoms with Crippen molar-refractivity contribution < 1.29 is 8.42 Å². The van der Waals surface area contributed by atoms with Gasteiger partial charge in [0.2, 0.25) is 0 Å². The smallest absolute Gasteiger partial charge is 0.295 e. The number of likely N-dealkylation sites (tertiary alicyclic amines) is 1. The lowest BCUT2D eigenvalue weighted by Crippen LogP contribution is -2.53. The molecule has 8 heteroatoms. The summed E-state index contributed by atoms with van der Waals surface area (Å²) in [5.41, 5.74) is 2.11. The predicted octanol–water partition coefficient (Wildman–Crippen LogP) is 3.60. The topological polar surface area (TPSA) is 47.1 Å². The van der Waals surface area contributed by atoms with Crippen molar-refractivity contribution in [2.45, 2.75) is 30.8 Å². The summed E-state index contributed by atoms with van der Waals surface area (Å²) < 4.78 is 30.3. The monoisotopic (exact) mass is 462 g/mol. The fraction of sp³-hybridized carbons (Fsp3) is 0.478. The predicted molar refractivity (Wildman–Crippen MR) is 125 cm³/mol. The van der Waals surface area contributed by atoms with Crippen LogP contribution in [0.4, 0.5) is 0 Å². The minimum atomic E-state index is -3.69. The highest BCUT2D eigenvalue weighted by Crippen LogP contribution is 2.46. The highest BCUT2D eigenvalue weighted by atomic mass is 35.5. The molecule has 2 aliphatic heterocycles. The van der Waals surface area contributed by atoms with Gasteiger partial charge in [-0.25, -0.2) is 5.01 Å². The van der Waals surface area contributed by atoms with Crippen molar-refractivity contribution in [2.24, 2.45) is 0 Å². The Morgan fingerprint density at radius 1 is 0.935 bits per heavy atom. The molecule has 2 atom stereocenters. The minimum absolute atomic E-state index is 0.0248. The first-order valence-corrected chi connectivity index (χ1v) is 12.5. The molecule has 6 nitrogen and oxygen atoms in total. The molecule has 2 aromatic rings. The van der Waals surface area contributed by atoms with Gasteiger partial charge in [0.15, 0.2) is 0 Å². The largest absolute Gasteiger partial charge is 0.306 e. The summed E-state index contributed by atoms with van der Waals surface area (Å²) in [7, 11) is 1.65. The van der Waals surface area contributed by atoms with E-state index in [-0.39, 0.29) is 18.0 Å². The van der Waals surface area contributed by atoms with E-state index in [4.69, 9.17) is 11.6 Å². The Bertz CT molecular complexity index is 976. The average molecular weight is 463 g/mol. The lowest BCUT2D eigenvalue weighted by Gasteiger charge is -2.41. The zero-order valence-corrected chi connectivity index (χ0v) is 19.9. The Hall–Kier alpha value is -1.48. The van der Waals surface area contributed by atoms with E-state index in [1.54, 1.807) is 18.5 Å². The Balaban J connectivity index is 1.83. The number of hydrazine groups is 1. The molecule has 0 amide bonds. The van der Waals surface area contributed by atoms with E-state index < -0.39 is 10.2 Å². The molecule has 0 aromatic heterocycles. The molecule has 0 N–H and O–H groups in total. The van der Waals surface area contributed by atoms with Gasteiger partial charge in [-0.3, -0.25) is 0 Å². The molecule has 2 saturated heterocycles. The van der Waals surface area contributed by atoms with E-state index in [9.17, 15) is 8.42 Å². The van der Waals surface area contributed by atoms with Crippen LogP contribution in [0.3, 0.4) is 0 Å². The van der Waals surface area contributed by atoms with Crippen LogP contribution in [0.15, 0.2) is 54.6 Å². The van der Waals surface area contributed by atoms with Crippen molar-refractivity contribution in [2.75, 3.05) is 40.8 Å². The van der Waals surface area contributed by atoms with Gasteiger partial charge in [0.1, 0.15) is 0 Å². The third-order valence-corrected chi connectivity index (χ3v) is 8.59. The molecule has 168 valence electrons. The molecule has 2 fully saturated rings. The van der Waals surface area contributed by atoms with Crippen LogP contribution in [0.2, 0.25) is 5.02 Å². The summed E-state index contributed by atoms with van der Waals surface area (Å²) in [6.45, 7) is 2.61. The van der Waals surface area contributed by atoms with Crippen molar-refractivity contribution in [1.29, 1.82) is 0 Å². The number of nitrogens with zero attached hydrogens (tertiary/aromatic N) is 4. The summed E-state index contributed by atoms with van der Waals surface area (Å²) in [6, 6.07) is 17.7. The molecule has 0 saturated carbocycles. The van der Waals surface area contributed by atoms with Crippen molar-refractivity contribution in [3.05, 3.63) is 70.7 Å². The van der Waals surface area contributed by atoms with Gasteiger partial charge >= 0.3 is 0 Å². The van der Waals surface area contributed by atoms with Crippen LogP contribution in [0, 0.1) is 0 Å². The number of benzene rings is 2. The third-order valence-electron chi connectivity index (χ3n) is 6.50. The number of halogens is 1. The maximum atomic E-state index is 13.7. The van der Waals surface area contributed by atoms with Gasteiger partial charge in [0.05, 0.1) is 6.04 Å². The van der Waals surface area contributed by atoms with Crippen LogP contribution < -0.4 is 0 Å². The van der Waals surface area contributed by atoms with E-state index in [2.05, 4.69) is 29.1 Å². The van der Waals surface area contributed by atoms with Crippen LogP contribution >= 0.6 is 11.6 Å². The zero-order chi connectivity index (χ0) is 22.2. The fourth-order valence-corrected chi connectivity index (χ4v) is 6.23. The second-order valence-electron chi connectivity index (χ2n) is 8.73. The van der Waals surface area contributed by atoms with Crippen molar-refractivity contribution in [1.82, 2.24) is 18.6 Å². The summed E-state index contributed by atoms with van der Waals surface area (Å²) >= 11 is 6.16. The zero-order valence-electron chi connectivity index (χ0n) is 18.4. The molecular weight excluding hydrogens is 432 g/mol. The summed E-state index contributed by atoms with van der Waals surface area (Å²) in [4.78, 5) is 2.31. The molecule has 2 aliphatic rings. The first-order valence-electron chi connectivity index (χ1n) is 10.8. The fourth-order valence-electron chi connectivity index (χ4n) is 4.75. The molecule has 0 spiro atoms. The van der Waals surface area contributed by atoms with Crippen LogP contribution in [0.5, 0.6) is 0 Å². The number of rotatable bonds is 5. The molecule has 0 radical (unpaired) electrons. The Labute approximate surface area is 191 Å². The number of hydrogen-bond acceptors (Lipinski definition) is 4. The molecule has 4 rings (SSSR count). The molecule has 2 heterocycles. The lowest BCUT2D eigenvalue weighted by atomic mass is 9.88. The first-order chi connectivity index (χ1) is 14.8. The van der Waals surface area contributed by atoms with Crippen LogP contribution in [0.1, 0.15) is 35.9 Å². The SMILES string of the molecule is CN1CCC(N2CC(c3ccccc3)C(c3ccc(Cl)cc3)N2S(=O)(=O)N(C)C)CC1. The van der Waals surface area contributed by atoms with Gasteiger partial charge in [-0.15, -0.1) is 4.41 Å². The van der Waals surface area contributed by atoms with Crippen LogP contribution in [0.25, 0.3) is 0 Å². The molecule has 0 bridgehead atoms. The maximum Gasteiger partial charge on any atom is 0.295 e. The van der Waals surface area contributed by atoms with Gasteiger partial charge in [0, 0.05) is 37.6 Å². The summed E-state index contributed by atoms with van der Waals surface area (Å²) in [5.74, 6) is 0.0248. The van der Waals surface area contributed by atoms with E-state index in [1.165, 1.54) is 4.31 Å². The van der Waals surface area contributed by atoms with Crippen LogP contribution in [-0.4, -0.2) is 73.9 Å². The van der Waals surface area contributed by atoms with Gasteiger partial charge in [-0.05, 0) is 56.2 Å². The molecule has 31 heavy (non-hydrogen) atoms. The Kier molecular flexibility index (Phi) is 6.72. The second-order valence-corrected chi connectivity index (χ2v) is 11.2. The van der Waals surface area contributed by atoms with Crippen LogP contribution in [-0.2, 0) is 10.2 Å². The third kappa shape index (κ3) is 4.53. The van der Waals surface area contributed by atoms with E-state index >= 15 is 0 Å². The second kappa shape index (κ2) is 9.17. The highest BCUT2D eigenvalue weighted by Gasteiger charge is 2.50. The number of hydrogen-bond donors (Lipinski definition) is 0. The van der Waals surface area contributed by atoms with Gasteiger partial charge in [0.25, 0.3) is 10.2 Å². The highest BCUT2D eigenvalue weighted by molar-refractivity contribution is 7.86. The minimum Gasteiger partial charge on any atom is -0.306 e. The quantitative estimate of drug-likeness (QED) is 0.681. The average Bonchev–Trinajstić information content (AvgIpc) is 3.17. The molecular formula is C23H31ClN4O2S. The molecule has 2 aromatic carbocycles. The van der Waals surface area contributed by atoms with Gasteiger partial charge in [-0.2, -0.15) is 12.7 Å². The van der Waals surface area contributed by atoms with Gasteiger partial charge < -0.3 is 4.90 Å². The number of piperidine rings is 1. The first kappa shape index (κ1) is 22.7. The lowest BCUT2D eigenvalue weighted by molar-refractivity contribution is 0.00932. The molecule has 0 aliphatic carbocycles. The maximum absolute atomic E-state index is 13.7. The van der Waals surface area contributed by atoms with E-state index in [1.807, 2.05) is 42.5 Å². The summed E-state index contributed by atoms with van der Waals surface area (Å²) in [5, 5.41) is 2.77. The van der Waals surface area contributed by atoms with Crippen molar-refractivity contribution in [3.63, 3.8) is 0 Å². The Morgan fingerprint density at radius 3 is 2.13 bits per heavy atom. The molecule has 2 unspecified atom stereocenters. The van der Waals surface area contributed by atoms with Crippen molar-refractivity contribution in [3.8, 4) is 0 Å². The normalized spacial score (nSPS) is 24.8. The van der Waals surface area contributed by atoms with E-state index in [0.717, 1.165) is 37.1 Å². The summed E-state index contributed by atoms with van der Waals surface area (Å²) in [6.07, 6.45) is 1.90. The van der Waals surface area contributed by atoms with Crippen molar-refractivity contribution >= 4 is 21.8 Å². The standard InChI is InChI=1S/C23H31ClN4O2S/c1-25(2)31(29,30)28-23(19-9-11-20(24)12-10-19)22(18-7-5-4-6-8-18)17-27(28)21-13-15-26(3)16-14-21/h4-12,21-23H,13-17H2,1-3H3. The van der Waals surface area contributed by atoms with E-state index in [0.29, 0.717) is 11.6 Å². The van der Waals surface area contributed by atoms with Gasteiger partial charge in [-0.1, -0.05) is 54.1 Å². The Morgan fingerprint density at radius 2 is 1.55 bits per heavy atom.